The van der Waals surface area contributed by atoms with Gasteiger partial charge in [-0.3, -0.25) is 0 Å². The summed E-state index contributed by atoms with van der Waals surface area (Å²) in [6.07, 6.45) is 0. The van der Waals surface area contributed by atoms with Gasteiger partial charge in [-0.1, -0.05) is 103 Å². The van der Waals surface area contributed by atoms with Crippen LogP contribution in [0.5, 0.6) is 0 Å². The maximum atomic E-state index is 6.44. The molecule has 0 spiro atoms. The lowest BCUT2D eigenvalue weighted by atomic mass is 9.98. The number of fused-ring (bicyclic) bond motifs is 6. The minimum Gasteiger partial charge on any atom is -0.456 e. The van der Waals surface area contributed by atoms with Gasteiger partial charge in [0, 0.05) is 52.8 Å². The third-order valence-corrected chi connectivity index (χ3v) is 10.3. The smallest absolute Gasteiger partial charge is 0.164 e. The van der Waals surface area contributed by atoms with Crippen molar-refractivity contribution in [1.29, 1.82) is 0 Å². The second-order valence-electron chi connectivity index (χ2n) is 12.7. The highest BCUT2D eigenvalue weighted by Gasteiger charge is 2.18. The molecular formula is C45H27IN4O. The van der Waals surface area contributed by atoms with E-state index in [1.54, 1.807) is 0 Å². The fourth-order valence-corrected chi connectivity index (χ4v) is 7.38. The molecule has 0 atom stereocenters. The molecule has 0 radical (unpaired) electrons. The molecule has 1 N–H and O–H groups in total. The molecule has 7 aromatic carbocycles. The highest BCUT2D eigenvalue weighted by molar-refractivity contribution is 14.1. The van der Waals surface area contributed by atoms with Crippen molar-refractivity contribution in [2.24, 2.45) is 0 Å². The average Bonchev–Trinajstić information content (AvgIpc) is 3.76. The minimum absolute atomic E-state index is 0.602. The van der Waals surface area contributed by atoms with Crippen molar-refractivity contribution in [3.63, 3.8) is 0 Å². The van der Waals surface area contributed by atoms with E-state index in [9.17, 15) is 0 Å². The van der Waals surface area contributed by atoms with E-state index in [0.29, 0.717) is 17.5 Å². The lowest BCUT2D eigenvalue weighted by Crippen LogP contribution is -2.00. The zero-order chi connectivity index (χ0) is 33.9. The first kappa shape index (κ1) is 29.8. The van der Waals surface area contributed by atoms with Crippen molar-refractivity contribution in [2.75, 3.05) is 0 Å². The number of halogens is 1. The molecule has 0 saturated carbocycles. The van der Waals surface area contributed by atoms with Gasteiger partial charge in [0.1, 0.15) is 11.2 Å². The predicted molar refractivity (Wildman–Crippen MR) is 216 cm³/mol. The van der Waals surface area contributed by atoms with Crippen LogP contribution in [0.2, 0.25) is 0 Å². The predicted octanol–water partition coefficient (Wildman–Crippen LogP) is 12.3. The molecule has 0 aliphatic rings. The molecule has 6 heteroatoms. The van der Waals surface area contributed by atoms with Crippen LogP contribution in [-0.2, 0) is 0 Å². The molecule has 51 heavy (non-hydrogen) atoms. The van der Waals surface area contributed by atoms with Crippen LogP contribution in [0.4, 0.5) is 0 Å². The number of nitrogens with zero attached hydrogens (tertiary/aromatic N) is 3. The third kappa shape index (κ3) is 5.27. The summed E-state index contributed by atoms with van der Waals surface area (Å²) in [6, 6.07) is 54.7. The molecule has 5 nitrogen and oxygen atoms in total. The zero-order valence-electron chi connectivity index (χ0n) is 27.1. The number of hydrogen-bond donors (Lipinski definition) is 1. The highest BCUT2D eigenvalue weighted by atomic mass is 127. The minimum atomic E-state index is 0.602. The number of rotatable bonds is 5. The van der Waals surface area contributed by atoms with Crippen LogP contribution in [0.3, 0.4) is 0 Å². The molecule has 0 unspecified atom stereocenters. The number of nitrogens with one attached hydrogen (secondary N) is 1. The summed E-state index contributed by atoms with van der Waals surface area (Å²) in [4.78, 5) is 18.6. The van der Waals surface area contributed by atoms with Crippen molar-refractivity contribution in [3.8, 4) is 56.4 Å². The van der Waals surface area contributed by atoms with Crippen LogP contribution in [0.15, 0.2) is 162 Å². The number of aromatic nitrogens is 4. The molecule has 0 fully saturated rings. The second kappa shape index (κ2) is 12.0. The van der Waals surface area contributed by atoms with E-state index in [0.717, 1.165) is 60.8 Å². The van der Waals surface area contributed by atoms with Gasteiger partial charge < -0.3 is 9.40 Å². The summed E-state index contributed by atoms with van der Waals surface area (Å²) in [5.41, 5.74) is 11.3. The van der Waals surface area contributed by atoms with Crippen molar-refractivity contribution in [3.05, 3.63) is 161 Å². The molecule has 0 aliphatic carbocycles. The highest BCUT2D eigenvalue weighted by Crippen LogP contribution is 2.39. The standard InChI is InChI=1S/C45H27IN4O/c46-33-19-14-27(15-20-33)30-16-21-38-35(24-30)36-25-31(17-22-39(36)47-38)32-18-23-40-37(26-32)42-34(12-7-13-41(42)51-40)45-49-43(28-8-3-1-4-9-28)48-44(50-45)29-10-5-2-6-11-29/h1-26,47H. The zero-order valence-corrected chi connectivity index (χ0v) is 29.3. The summed E-state index contributed by atoms with van der Waals surface area (Å²) in [5, 5.41) is 4.40. The molecule has 0 bridgehead atoms. The van der Waals surface area contributed by atoms with Crippen molar-refractivity contribution >= 4 is 66.3 Å². The maximum absolute atomic E-state index is 6.44. The molecule has 0 saturated heterocycles. The van der Waals surface area contributed by atoms with Crippen LogP contribution in [0.25, 0.3) is 100 Å². The van der Waals surface area contributed by atoms with E-state index in [1.807, 2.05) is 72.8 Å². The van der Waals surface area contributed by atoms with Gasteiger partial charge in [0.15, 0.2) is 17.5 Å². The molecule has 10 aromatic rings. The summed E-state index contributed by atoms with van der Waals surface area (Å²) in [7, 11) is 0. The van der Waals surface area contributed by atoms with Gasteiger partial charge >= 0.3 is 0 Å². The fraction of sp³-hybridized carbons (Fsp3) is 0. The molecule has 0 aliphatic heterocycles. The Morgan fingerprint density at radius 2 is 0.941 bits per heavy atom. The maximum Gasteiger partial charge on any atom is 0.164 e. The second-order valence-corrected chi connectivity index (χ2v) is 13.9. The average molecular weight is 767 g/mol. The first-order chi connectivity index (χ1) is 25.1. The van der Waals surface area contributed by atoms with Crippen molar-refractivity contribution < 1.29 is 4.42 Å². The van der Waals surface area contributed by atoms with E-state index < -0.39 is 0 Å². The van der Waals surface area contributed by atoms with Gasteiger partial charge in [0.25, 0.3) is 0 Å². The monoisotopic (exact) mass is 766 g/mol. The van der Waals surface area contributed by atoms with Crippen LogP contribution in [0.1, 0.15) is 0 Å². The van der Waals surface area contributed by atoms with Gasteiger partial charge in [-0.05, 0) is 99.4 Å². The van der Waals surface area contributed by atoms with Crippen molar-refractivity contribution in [1.82, 2.24) is 19.9 Å². The molecule has 0 amide bonds. The van der Waals surface area contributed by atoms with E-state index in [2.05, 4.69) is 113 Å². The third-order valence-electron chi connectivity index (χ3n) is 9.54. The number of H-pyrrole nitrogens is 1. The van der Waals surface area contributed by atoms with Gasteiger partial charge in [-0.25, -0.2) is 15.0 Å². The molecular weight excluding hydrogens is 739 g/mol. The Morgan fingerprint density at radius 1 is 0.412 bits per heavy atom. The van der Waals surface area contributed by atoms with E-state index in [1.165, 1.54) is 25.5 Å². The topological polar surface area (TPSA) is 67.6 Å². The summed E-state index contributed by atoms with van der Waals surface area (Å²) in [6.45, 7) is 0. The van der Waals surface area contributed by atoms with Gasteiger partial charge in [0.05, 0.1) is 0 Å². The van der Waals surface area contributed by atoms with Gasteiger partial charge in [-0.15, -0.1) is 0 Å². The Balaban J connectivity index is 1.13. The lowest BCUT2D eigenvalue weighted by Gasteiger charge is -2.09. The molecule has 10 rings (SSSR count). The Bertz CT molecular complexity index is 2860. The Labute approximate surface area is 306 Å². The first-order valence-corrected chi connectivity index (χ1v) is 17.9. The summed E-state index contributed by atoms with van der Waals surface area (Å²) < 4.78 is 7.66. The normalized spacial score (nSPS) is 11.6. The first-order valence-electron chi connectivity index (χ1n) is 16.8. The number of furan rings is 1. The fourth-order valence-electron chi connectivity index (χ4n) is 7.02. The van der Waals surface area contributed by atoms with E-state index in [4.69, 9.17) is 19.4 Å². The largest absolute Gasteiger partial charge is 0.456 e. The molecule has 3 heterocycles. The van der Waals surface area contributed by atoms with Crippen LogP contribution in [0, 0.1) is 3.57 Å². The summed E-state index contributed by atoms with van der Waals surface area (Å²) >= 11 is 2.35. The van der Waals surface area contributed by atoms with Gasteiger partial charge in [-0.2, -0.15) is 0 Å². The number of aromatic amines is 1. The van der Waals surface area contributed by atoms with Crippen molar-refractivity contribution in [2.45, 2.75) is 0 Å². The van der Waals surface area contributed by atoms with Crippen LogP contribution >= 0.6 is 22.6 Å². The lowest BCUT2D eigenvalue weighted by molar-refractivity contribution is 0.669. The quantitative estimate of drug-likeness (QED) is 0.177. The van der Waals surface area contributed by atoms with E-state index >= 15 is 0 Å². The molecule has 240 valence electrons. The van der Waals surface area contributed by atoms with Crippen LogP contribution < -0.4 is 0 Å². The summed E-state index contributed by atoms with van der Waals surface area (Å²) in [5.74, 6) is 1.86. The Morgan fingerprint density at radius 3 is 1.57 bits per heavy atom. The SMILES string of the molecule is Ic1ccc(-c2ccc3[nH]c4ccc(-c5ccc6oc7cccc(-c8nc(-c9ccccc9)nc(-c9ccccc9)n8)c7c6c5)cc4c3c2)cc1. The Hall–Kier alpha value is -6.12. The number of benzene rings is 7. The molecule has 3 aromatic heterocycles. The van der Waals surface area contributed by atoms with Gasteiger partial charge in [0.2, 0.25) is 0 Å². The van der Waals surface area contributed by atoms with E-state index in [-0.39, 0.29) is 0 Å². The number of hydrogen-bond acceptors (Lipinski definition) is 4. The Kier molecular flexibility index (Phi) is 7.02. The van der Waals surface area contributed by atoms with Crippen LogP contribution in [-0.4, -0.2) is 19.9 Å².